The average Bonchev–Trinajstić information content (AvgIpc) is 2.45. The predicted molar refractivity (Wildman–Crippen MR) is 65.4 cm³/mol. The number of pyridine rings is 1. The topological polar surface area (TPSA) is 53.4 Å². The van der Waals surface area contributed by atoms with E-state index in [1.165, 1.54) is 0 Å². The first-order valence-electron chi connectivity index (χ1n) is 6.56. The Bertz CT molecular complexity index is 591. The average molecular weight is 342 g/mol. The van der Waals surface area contributed by atoms with Crippen LogP contribution in [0.5, 0.6) is 0 Å². The number of halogens is 6. The van der Waals surface area contributed by atoms with Crippen LogP contribution < -0.4 is 0 Å². The lowest BCUT2D eigenvalue weighted by Gasteiger charge is -2.39. The fraction of sp³-hybridized carbons (Fsp3) is 0.538. The smallest absolute Gasteiger partial charge is 0.380 e. The maximum absolute atomic E-state index is 12.9. The van der Waals surface area contributed by atoms with Crippen molar-refractivity contribution in [2.24, 2.45) is 0 Å². The van der Waals surface area contributed by atoms with Gasteiger partial charge in [0.05, 0.1) is 5.56 Å². The number of likely N-dealkylation sites (tertiary alicyclic amines) is 1. The van der Waals surface area contributed by atoms with E-state index in [1.54, 1.807) is 0 Å². The normalized spacial score (nSPS) is 18.8. The van der Waals surface area contributed by atoms with Gasteiger partial charge in [-0.3, -0.25) is 9.78 Å². The van der Waals surface area contributed by atoms with Crippen LogP contribution in [0.4, 0.5) is 26.3 Å². The molecule has 128 valence electrons. The van der Waals surface area contributed by atoms with Crippen molar-refractivity contribution in [3.05, 3.63) is 29.6 Å². The summed E-state index contributed by atoms with van der Waals surface area (Å²) in [5.74, 6) is -1.11. The number of carbonyl (C=O) groups is 1. The van der Waals surface area contributed by atoms with E-state index in [-0.39, 0.29) is 0 Å². The molecule has 1 aromatic rings. The fourth-order valence-corrected chi connectivity index (χ4v) is 2.32. The number of amides is 1. The van der Waals surface area contributed by atoms with E-state index in [0.717, 1.165) is 17.2 Å². The van der Waals surface area contributed by atoms with Crippen molar-refractivity contribution in [3.63, 3.8) is 0 Å². The molecular formula is C13H12F6N2O2. The first kappa shape index (κ1) is 17.5. The van der Waals surface area contributed by atoms with E-state index in [2.05, 4.69) is 4.98 Å². The molecule has 0 spiro atoms. The van der Waals surface area contributed by atoms with Gasteiger partial charge >= 0.3 is 12.4 Å². The third-order valence-corrected chi connectivity index (χ3v) is 3.72. The standard InChI is InChI=1S/C13H12F6N2O2/c14-12(15,16)8-2-1-5-20-9(8)10(22)21-6-3-11(23,4-7-21)13(17,18)19/h1-2,5,23H,3-4,6-7H2. The number of alkyl halides is 6. The van der Waals surface area contributed by atoms with Gasteiger partial charge < -0.3 is 10.0 Å². The van der Waals surface area contributed by atoms with E-state index < -0.39 is 61.0 Å². The summed E-state index contributed by atoms with van der Waals surface area (Å²) in [6, 6.07) is 1.69. The quantitative estimate of drug-likeness (QED) is 0.799. The summed E-state index contributed by atoms with van der Waals surface area (Å²) in [4.78, 5) is 16.4. The van der Waals surface area contributed by atoms with Gasteiger partial charge in [0.1, 0.15) is 5.69 Å². The van der Waals surface area contributed by atoms with E-state index in [0.29, 0.717) is 6.07 Å². The second-order valence-corrected chi connectivity index (χ2v) is 5.22. The van der Waals surface area contributed by atoms with Gasteiger partial charge in [-0.05, 0) is 12.1 Å². The van der Waals surface area contributed by atoms with E-state index in [4.69, 9.17) is 0 Å². The Kier molecular flexibility index (Phi) is 4.31. The molecule has 1 aromatic heterocycles. The van der Waals surface area contributed by atoms with Crippen molar-refractivity contribution in [2.45, 2.75) is 30.8 Å². The highest BCUT2D eigenvalue weighted by atomic mass is 19.4. The maximum atomic E-state index is 12.9. The van der Waals surface area contributed by atoms with Gasteiger partial charge in [0.15, 0.2) is 5.60 Å². The first-order chi connectivity index (χ1) is 10.5. The van der Waals surface area contributed by atoms with Crippen molar-refractivity contribution in [1.82, 2.24) is 9.88 Å². The Labute approximate surface area is 126 Å². The summed E-state index contributed by atoms with van der Waals surface area (Å²) in [5.41, 5.74) is -5.04. The molecule has 0 aliphatic carbocycles. The van der Waals surface area contributed by atoms with Crippen LogP contribution in [-0.4, -0.2) is 45.8 Å². The zero-order valence-corrected chi connectivity index (χ0v) is 11.6. The Balaban J connectivity index is 2.19. The minimum atomic E-state index is -4.86. The fourth-order valence-electron chi connectivity index (χ4n) is 2.32. The van der Waals surface area contributed by atoms with Crippen molar-refractivity contribution < 1.29 is 36.2 Å². The van der Waals surface area contributed by atoms with Crippen molar-refractivity contribution >= 4 is 5.91 Å². The van der Waals surface area contributed by atoms with Crippen LogP contribution in [0.25, 0.3) is 0 Å². The largest absolute Gasteiger partial charge is 0.418 e. The predicted octanol–water partition coefficient (Wildman–Crippen LogP) is 2.63. The molecule has 1 fully saturated rings. The SMILES string of the molecule is O=C(c1ncccc1C(F)(F)F)N1CCC(O)(C(F)(F)F)CC1. The van der Waals surface area contributed by atoms with Crippen molar-refractivity contribution in [1.29, 1.82) is 0 Å². The van der Waals surface area contributed by atoms with Crippen LogP contribution >= 0.6 is 0 Å². The van der Waals surface area contributed by atoms with Crippen LogP contribution in [0.3, 0.4) is 0 Å². The van der Waals surface area contributed by atoms with E-state index >= 15 is 0 Å². The second-order valence-electron chi connectivity index (χ2n) is 5.22. The molecule has 1 N–H and O–H groups in total. The summed E-state index contributed by atoms with van der Waals surface area (Å²) < 4.78 is 76.6. The van der Waals surface area contributed by atoms with Gasteiger partial charge in [0.25, 0.3) is 5.91 Å². The highest BCUT2D eigenvalue weighted by molar-refractivity contribution is 5.94. The molecule has 23 heavy (non-hydrogen) atoms. The Morgan fingerprint density at radius 2 is 1.74 bits per heavy atom. The maximum Gasteiger partial charge on any atom is 0.418 e. The summed E-state index contributed by atoms with van der Waals surface area (Å²) in [6.07, 6.45) is -10.3. The van der Waals surface area contributed by atoms with Gasteiger partial charge in [-0.15, -0.1) is 0 Å². The molecular weight excluding hydrogens is 330 g/mol. The molecule has 1 aliphatic heterocycles. The van der Waals surface area contributed by atoms with E-state index in [9.17, 15) is 36.2 Å². The van der Waals surface area contributed by atoms with Crippen LogP contribution in [0.2, 0.25) is 0 Å². The zero-order chi connectivity index (χ0) is 17.5. The number of nitrogens with zero attached hydrogens (tertiary/aromatic N) is 2. The molecule has 0 radical (unpaired) electrons. The molecule has 1 aliphatic rings. The summed E-state index contributed by atoms with van der Waals surface area (Å²) >= 11 is 0. The third kappa shape index (κ3) is 3.41. The molecule has 0 atom stereocenters. The molecule has 2 heterocycles. The lowest BCUT2D eigenvalue weighted by molar-refractivity contribution is -0.271. The Morgan fingerprint density at radius 1 is 1.17 bits per heavy atom. The van der Waals surface area contributed by atoms with Gasteiger partial charge in [-0.2, -0.15) is 26.3 Å². The van der Waals surface area contributed by atoms with E-state index in [1.807, 2.05) is 0 Å². The van der Waals surface area contributed by atoms with Crippen molar-refractivity contribution in [3.8, 4) is 0 Å². The summed E-state index contributed by atoms with van der Waals surface area (Å²) in [7, 11) is 0. The molecule has 1 amide bonds. The number of rotatable bonds is 1. The molecule has 0 aromatic carbocycles. The minimum absolute atomic E-state index is 0.511. The Morgan fingerprint density at radius 3 is 2.22 bits per heavy atom. The first-order valence-corrected chi connectivity index (χ1v) is 6.56. The van der Waals surface area contributed by atoms with Crippen molar-refractivity contribution in [2.75, 3.05) is 13.1 Å². The van der Waals surface area contributed by atoms with Crippen LogP contribution in [0, 0.1) is 0 Å². The number of hydrogen-bond donors (Lipinski definition) is 1. The van der Waals surface area contributed by atoms with Gasteiger partial charge in [-0.25, -0.2) is 0 Å². The number of piperidine rings is 1. The second kappa shape index (κ2) is 5.66. The van der Waals surface area contributed by atoms with Crippen LogP contribution in [-0.2, 0) is 6.18 Å². The number of aromatic nitrogens is 1. The molecule has 4 nitrogen and oxygen atoms in total. The van der Waals surface area contributed by atoms with Gasteiger partial charge in [0, 0.05) is 32.1 Å². The summed E-state index contributed by atoms with van der Waals surface area (Å²) in [6.45, 7) is -1.02. The zero-order valence-electron chi connectivity index (χ0n) is 11.6. The molecule has 1 saturated heterocycles. The number of hydrogen-bond acceptors (Lipinski definition) is 3. The third-order valence-electron chi connectivity index (χ3n) is 3.72. The highest BCUT2D eigenvalue weighted by Crippen LogP contribution is 2.39. The minimum Gasteiger partial charge on any atom is -0.380 e. The lowest BCUT2D eigenvalue weighted by atomic mass is 9.90. The Hall–Kier alpha value is -1.84. The van der Waals surface area contributed by atoms with Crippen LogP contribution in [0.15, 0.2) is 18.3 Å². The molecule has 10 heteroatoms. The van der Waals surface area contributed by atoms with Gasteiger partial charge in [0.2, 0.25) is 0 Å². The molecule has 0 unspecified atom stereocenters. The molecule has 2 rings (SSSR count). The number of carbonyl (C=O) groups excluding carboxylic acids is 1. The molecule has 0 saturated carbocycles. The lowest BCUT2D eigenvalue weighted by Crippen LogP contribution is -2.54. The highest BCUT2D eigenvalue weighted by Gasteiger charge is 2.55. The molecule has 0 bridgehead atoms. The summed E-state index contributed by atoms with van der Waals surface area (Å²) in [5, 5.41) is 9.50. The number of aliphatic hydroxyl groups is 1. The monoisotopic (exact) mass is 342 g/mol. The van der Waals surface area contributed by atoms with Gasteiger partial charge in [-0.1, -0.05) is 0 Å². The van der Waals surface area contributed by atoms with Crippen LogP contribution in [0.1, 0.15) is 28.9 Å².